The van der Waals surface area contributed by atoms with Gasteiger partial charge in [0.1, 0.15) is 0 Å². The largest absolute Gasteiger partial charge is 0.371 e. The molecule has 3 heterocycles. The first-order valence-corrected chi connectivity index (χ1v) is 7.54. The zero-order valence-corrected chi connectivity index (χ0v) is 11.0. The molecule has 0 N–H and O–H groups in total. The summed E-state index contributed by atoms with van der Waals surface area (Å²) >= 11 is 1.59. The molecule has 2 bridgehead atoms. The molecule has 1 aromatic heterocycles. The molecule has 4 nitrogen and oxygen atoms in total. The Morgan fingerprint density at radius 1 is 1.22 bits per heavy atom. The van der Waals surface area contributed by atoms with Gasteiger partial charge in [-0.25, -0.2) is 4.98 Å². The van der Waals surface area contributed by atoms with Crippen molar-refractivity contribution >= 4 is 22.3 Å². The van der Waals surface area contributed by atoms with Gasteiger partial charge in [-0.1, -0.05) is 11.3 Å². The normalized spacial score (nSPS) is 30.7. The number of aryl methyl sites for hydroxylation is 1. The fourth-order valence-electron chi connectivity index (χ4n) is 3.16. The van der Waals surface area contributed by atoms with E-state index in [1.54, 1.807) is 11.3 Å². The summed E-state index contributed by atoms with van der Waals surface area (Å²) in [7, 11) is 0. The van der Waals surface area contributed by atoms with Crippen LogP contribution < -0.4 is 4.90 Å². The molecule has 2 fully saturated rings. The summed E-state index contributed by atoms with van der Waals surface area (Å²) in [5.74, 6) is 0.288. The molecule has 3 aliphatic rings. The Labute approximate surface area is 110 Å². The molecular weight excluding hydrogens is 248 g/mol. The van der Waals surface area contributed by atoms with Crippen LogP contribution >= 0.6 is 11.3 Å². The van der Waals surface area contributed by atoms with Crippen LogP contribution in [-0.2, 0) is 11.2 Å². The van der Waals surface area contributed by atoms with Crippen LogP contribution in [0.3, 0.4) is 0 Å². The number of carbonyl (C=O) groups excluding carboxylic acids is 1. The summed E-state index contributed by atoms with van der Waals surface area (Å²) in [6.07, 6.45) is 5.72. The number of hydrogen-bond acceptors (Lipinski definition) is 5. The van der Waals surface area contributed by atoms with E-state index in [4.69, 9.17) is 4.74 Å². The smallest absolute Gasteiger partial charge is 0.186 e. The first-order chi connectivity index (χ1) is 8.79. The fraction of sp³-hybridized carbons (Fsp3) is 0.692. The lowest BCUT2D eigenvalue weighted by atomic mass is 10.0. The second-order valence-electron chi connectivity index (χ2n) is 5.41. The summed E-state index contributed by atoms with van der Waals surface area (Å²) in [4.78, 5) is 19.8. The van der Waals surface area contributed by atoms with Gasteiger partial charge in [0.15, 0.2) is 10.9 Å². The Balaban J connectivity index is 1.63. The molecule has 0 saturated carbocycles. The lowest BCUT2D eigenvalue weighted by Gasteiger charge is -2.31. The Hall–Kier alpha value is -0.940. The average Bonchev–Trinajstić information content (AvgIpc) is 2.94. The number of rotatable bonds is 1. The van der Waals surface area contributed by atoms with E-state index < -0.39 is 0 Å². The van der Waals surface area contributed by atoms with Gasteiger partial charge in [0, 0.05) is 19.5 Å². The first kappa shape index (κ1) is 10.9. The maximum Gasteiger partial charge on any atom is 0.186 e. The maximum absolute atomic E-state index is 11.8. The van der Waals surface area contributed by atoms with Gasteiger partial charge in [0.2, 0.25) is 0 Å². The minimum atomic E-state index is 0.288. The molecule has 2 unspecified atom stereocenters. The summed E-state index contributed by atoms with van der Waals surface area (Å²) in [6, 6.07) is 0. The van der Waals surface area contributed by atoms with Gasteiger partial charge in [-0.05, 0) is 25.7 Å². The minimum absolute atomic E-state index is 0.288. The van der Waals surface area contributed by atoms with E-state index in [2.05, 4.69) is 9.88 Å². The van der Waals surface area contributed by atoms with Crippen molar-refractivity contribution in [1.82, 2.24) is 4.98 Å². The quantitative estimate of drug-likeness (QED) is 0.778. The van der Waals surface area contributed by atoms with Crippen molar-refractivity contribution in [3.63, 3.8) is 0 Å². The first-order valence-electron chi connectivity index (χ1n) is 6.73. The zero-order chi connectivity index (χ0) is 12.1. The number of ketones is 1. The summed E-state index contributed by atoms with van der Waals surface area (Å²) in [5, 5.41) is 1.04. The van der Waals surface area contributed by atoms with Crippen LogP contribution in [0.4, 0.5) is 5.13 Å². The second kappa shape index (κ2) is 4.03. The highest BCUT2D eigenvalue weighted by molar-refractivity contribution is 7.17. The maximum atomic E-state index is 11.8. The number of nitrogens with zero attached hydrogens (tertiary/aromatic N) is 2. The molecule has 96 valence electrons. The summed E-state index contributed by atoms with van der Waals surface area (Å²) < 4.78 is 5.84. The van der Waals surface area contributed by atoms with E-state index in [0.29, 0.717) is 18.6 Å². The van der Waals surface area contributed by atoms with Crippen molar-refractivity contribution in [3.8, 4) is 0 Å². The Bertz CT molecular complexity index is 487. The average molecular weight is 264 g/mol. The molecule has 18 heavy (non-hydrogen) atoms. The standard InChI is InChI=1S/C13H16N2O2S/c16-11-3-1-2-10-12(11)18-13(14-10)15-6-8-4-5-9(7-15)17-8/h8-9H,1-7H2. The van der Waals surface area contributed by atoms with Gasteiger partial charge in [-0.15, -0.1) is 0 Å². The molecular formula is C13H16N2O2S. The van der Waals surface area contributed by atoms with Gasteiger partial charge >= 0.3 is 0 Å². The number of Topliss-reactive ketones (excluding diaryl/α,β-unsaturated/α-hetero) is 1. The van der Waals surface area contributed by atoms with Crippen LogP contribution in [0.2, 0.25) is 0 Å². The van der Waals surface area contributed by atoms with Crippen molar-refractivity contribution in [1.29, 1.82) is 0 Å². The predicted molar refractivity (Wildman–Crippen MR) is 69.5 cm³/mol. The Morgan fingerprint density at radius 3 is 2.72 bits per heavy atom. The number of carbonyl (C=O) groups is 1. The highest BCUT2D eigenvalue weighted by Gasteiger charge is 2.35. The van der Waals surface area contributed by atoms with Crippen molar-refractivity contribution in [2.24, 2.45) is 0 Å². The van der Waals surface area contributed by atoms with Crippen molar-refractivity contribution in [2.45, 2.75) is 44.3 Å². The van der Waals surface area contributed by atoms with E-state index in [0.717, 1.165) is 41.6 Å². The van der Waals surface area contributed by atoms with Crippen LogP contribution in [0.5, 0.6) is 0 Å². The predicted octanol–water partition coefficient (Wildman–Crippen LogP) is 2.03. The molecule has 0 amide bonds. The topological polar surface area (TPSA) is 42.4 Å². The van der Waals surface area contributed by atoms with Crippen molar-refractivity contribution in [2.75, 3.05) is 18.0 Å². The third-order valence-electron chi connectivity index (χ3n) is 4.07. The molecule has 2 aliphatic heterocycles. The van der Waals surface area contributed by atoms with Crippen LogP contribution in [0.25, 0.3) is 0 Å². The van der Waals surface area contributed by atoms with E-state index >= 15 is 0 Å². The second-order valence-corrected chi connectivity index (χ2v) is 6.39. The SMILES string of the molecule is O=C1CCCc2nc(N3CC4CCC(C3)O4)sc21. The van der Waals surface area contributed by atoms with Gasteiger partial charge in [-0.3, -0.25) is 4.79 Å². The van der Waals surface area contributed by atoms with Crippen LogP contribution in [0.1, 0.15) is 41.0 Å². The van der Waals surface area contributed by atoms with E-state index in [9.17, 15) is 4.79 Å². The number of fused-ring (bicyclic) bond motifs is 3. The molecule has 0 aromatic carbocycles. The minimum Gasteiger partial charge on any atom is -0.371 e. The van der Waals surface area contributed by atoms with Gasteiger partial charge in [0.25, 0.3) is 0 Å². The van der Waals surface area contributed by atoms with Crippen molar-refractivity contribution in [3.05, 3.63) is 10.6 Å². The molecule has 4 rings (SSSR count). The Kier molecular flexibility index (Phi) is 2.45. The fourth-order valence-corrected chi connectivity index (χ4v) is 4.26. The van der Waals surface area contributed by atoms with Crippen molar-refractivity contribution < 1.29 is 9.53 Å². The van der Waals surface area contributed by atoms with Crippen LogP contribution in [-0.4, -0.2) is 36.1 Å². The molecule has 0 radical (unpaired) electrons. The molecule has 2 saturated heterocycles. The highest BCUT2D eigenvalue weighted by atomic mass is 32.1. The molecule has 1 aliphatic carbocycles. The molecule has 1 aromatic rings. The number of thiazole rings is 1. The third kappa shape index (κ3) is 1.68. The number of aromatic nitrogens is 1. The summed E-state index contributed by atoms with van der Waals surface area (Å²) in [5.41, 5.74) is 1.03. The van der Waals surface area contributed by atoms with Gasteiger partial charge in [0.05, 0.1) is 22.8 Å². The lowest BCUT2D eigenvalue weighted by molar-refractivity contribution is 0.0304. The highest BCUT2D eigenvalue weighted by Crippen LogP contribution is 2.35. The third-order valence-corrected chi connectivity index (χ3v) is 5.27. The lowest BCUT2D eigenvalue weighted by Crippen LogP contribution is -2.42. The molecule has 5 heteroatoms. The Morgan fingerprint density at radius 2 is 2.00 bits per heavy atom. The molecule has 2 atom stereocenters. The van der Waals surface area contributed by atoms with Crippen LogP contribution in [0.15, 0.2) is 0 Å². The van der Waals surface area contributed by atoms with E-state index in [1.165, 1.54) is 12.8 Å². The van der Waals surface area contributed by atoms with Crippen LogP contribution in [0, 0.1) is 0 Å². The number of anilines is 1. The van der Waals surface area contributed by atoms with Gasteiger partial charge in [-0.2, -0.15) is 0 Å². The molecule has 0 spiro atoms. The number of morpholine rings is 1. The number of hydrogen-bond donors (Lipinski definition) is 0. The van der Waals surface area contributed by atoms with E-state index in [1.807, 2.05) is 0 Å². The monoisotopic (exact) mass is 264 g/mol. The number of ether oxygens (including phenoxy) is 1. The zero-order valence-electron chi connectivity index (χ0n) is 10.2. The summed E-state index contributed by atoms with van der Waals surface area (Å²) in [6.45, 7) is 1.88. The van der Waals surface area contributed by atoms with Gasteiger partial charge < -0.3 is 9.64 Å². The van der Waals surface area contributed by atoms with E-state index in [-0.39, 0.29) is 5.78 Å².